The van der Waals surface area contributed by atoms with Gasteiger partial charge in [0.1, 0.15) is 0 Å². The highest BCUT2D eigenvalue weighted by Crippen LogP contribution is 2.45. The number of benzene rings is 2. The van der Waals surface area contributed by atoms with Crippen LogP contribution in [0.2, 0.25) is 0 Å². The fraction of sp³-hybridized carbons (Fsp3) is 0.385. The molecule has 0 bridgehead atoms. The summed E-state index contributed by atoms with van der Waals surface area (Å²) in [6.07, 6.45) is 4.66. The summed E-state index contributed by atoms with van der Waals surface area (Å²) in [5.41, 5.74) is 6.26. The highest BCUT2D eigenvalue weighted by Gasteiger charge is 2.40. The molecule has 1 saturated heterocycles. The molecule has 3 aromatic rings. The number of rotatable bonds is 3. The smallest absolute Gasteiger partial charge is 0.211 e. The van der Waals surface area contributed by atoms with E-state index in [1.165, 1.54) is 11.8 Å². The molecule has 1 aliphatic heterocycles. The molecule has 2 heterocycles. The van der Waals surface area contributed by atoms with Crippen molar-refractivity contribution in [3.63, 3.8) is 0 Å². The predicted molar refractivity (Wildman–Crippen MR) is 132 cm³/mol. The van der Waals surface area contributed by atoms with E-state index in [4.69, 9.17) is 0 Å². The first-order chi connectivity index (χ1) is 15.6. The summed E-state index contributed by atoms with van der Waals surface area (Å²) in [7, 11) is -1.40. The van der Waals surface area contributed by atoms with Gasteiger partial charge in [0, 0.05) is 53.9 Å². The van der Waals surface area contributed by atoms with Gasteiger partial charge >= 0.3 is 0 Å². The first kappa shape index (κ1) is 22.0. The van der Waals surface area contributed by atoms with Gasteiger partial charge in [-0.3, -0.25) is 9.79 Å². The van der Waals surface area contributed by atoms with Crippen LogP contribution in [0.25, 0.3) is 10.9 Å². The van der Waals surface area contributed by atoms with Gasteiger partial charge in [-0.1, -0.05) is 44.2 Å². The second kappa shape index (κ2) is 7.64. The van der Waals surface area contributed by atoms with Gasteiger partial charge in [0.25, 0.3) is 0 Å². The Bertz CT molecular complexity index is 1410. The summed E-state index contributed by atoms with van der Waals surface area (Å²) < 4.78 is 25.3. The van der Waals surface area contributed by atoms with Crippen LogP contribution >= 0.6 is 0 Å². The number of nitrogens with one attached hydrogen (secondary N) is 1. The molecule has 0 amide bonds. The maximum Gasteiger partial charge on any atom is 0.211 e. The lowest BCUT2D eigenvalue weighted by molar-refractivity contribution is 0.103. The van der Waals surface area contributed by atoms with Crippen molar-refractivity contribution in [2.45, 2.75) is 38.0 Å². The molecular weight excluding hydrogens is 434 g/mol. The summed E-state index contributed by atoms with van der Waals surface area (Å²) in [6, 6.07) is 12.2. The van der Waals surface area contributed by atoms with Gasteiger partial charge in [-0.25, -0.2) is 12.7 Å². The fourth-order valence-electron chi connectivity index (χ4n) is 5.47. The van der Waals surface area contributed by atoms with Gasteiger partial charge in [-0.2, -0.15) is 0 Å². The molecule has 0 atom stereocenters. The standard InChI is InChI=1S/C26H29N3O3S/c1-26(2)21-14-18(17-9-11-29(12-10-17)33(4,31)32)6-8-19(21)24(30)23-20-7-5-16(15-27-3)13-22(20)28-25(23)26/h5-8,13-15,17,28H,9-12H2,1-4H3. The minimum absolute atomic E-state index is 0.0564. The van der Waals surface area contributed by atoms with Crippen LogP contribution in [0.15, 0.2) is 41.4 Å². The molecular formula is C26H29N3O3S. The third kappa shape index (κ3) is 3.54. The fourth-order valence-corrected chi connectivity index (χ4v) is 6.34. The zero-order valence-corrected chi connectivity index (χ0v) is 20.3. The molecule has 0 unspecified atom stereocenters. The third-order valence-electron chi connectivity index (χ3n) is 7.31. The SMILES string of the molecule is CN=Cc1ccc2c3c([nH]c2c1)C(C)(C)c1cc(C2CCN(S(C)(=O)=O)CC2)ccc1C3=O. The Labute approximate surface area is 194 Å². The van der Waals surface area contributed by atoms with E-state index >= 15 is 0 Å². The third-order valence-corrected chi connectivity index (χ3v) is 8.61. The van der Waals surface area contributed by atoms with Crippen molar-refractivity contribution in [2.24, 2.45) is 4.99 Å². The zero-order valence-electron chi connectivity index (χ0n) is 19.5. The van der Waals surface area contributed by atoms with E-state index in [0.29, 0.717) is 19.0 Å². The number of hydrogen-bond donors (Lipinski definition) is 1. The molecule has 0 spiro atoms. The Morgan fingerprint density at radius 3 is 2.52 bits per heavy atom. The van der Waals surface area contributed by atoms with E-state index in [2.05, 4.69) is 36.0 Å². The van der Waals surface area contributed by atoms with Crippen molar-refractivity contribution in [3.8, 4) is 0 Å². The molecule has 0 saturated carbocycles. The van der Waals surface area contributed by atoms with E-state index in [-0.39, 0.29) is 11.2 Å². The van der Waals surface area contributed by atoms with Crippen LogP contribution in [0.4, 0.5) is 0 Å². The maximum absolute atomic E-state index is 13.6. The summed E-state index contributed by atoms with van der Waals surface area (Å²) in [5, 5.41) is 0.944. The quantitative estimate of drug-likeness (QED) is 0.590. The molecule has 0 radical (unpaired) electrons. The van der Waals surface area contributed by atoms with Gasteiger partial charge in [0.05, 0.1) is 11.8 Å². The number of sulfonamides is 1. The zero-order chi connectivity index (χ0) is 23.5. The number of aromatic amines is 1. The van der Waals surface area contributed by atoms with Gasteiger partial charge in [-0.05, 0) is 41.5 Å². The van der Waals surface area contributed by atoms with E-state index in [9.17, 15) is 13.2 Å². The number of carbonyl (C=O) groups excluding carboxylic acids is 1. The van der Waals surface area contributed by atoms with Crippen LogP contribution in [0.1, 0.15) is 70.9 Å². The Hall–Kier alpha value is -2.77. The lowest BCUT2D eigenvalue weighted by Crippen LogP contribution is -2.37. The molecule has 6 nitrogen and oxygen atoms in total. The summed E-state index contributed by atoms with van der Waals surface area (Å²) in [4.78, 5) is 21.2. The molecule has 7 heteroatoms. The molecule has 1 aliphatic carbocycles. The van der Waals surface area contributed by atoms with E-state index in [0.717, 1.165) is 51.7 Å². The van der Waals surface area contributed by atoms with Crippen molar-refractivity contribution in [2.75, 3.05) is 26.4 Å². The molecule has 1 N–H and O–H groups in total. The molecule has 33 heavy (non-hydrogen) atoms. The maximum atomic E-state index is 13.6. The predicted octanol–water partition coefficient (Wildman–Crippen LogP) is 4.23. The van der Waals surface area contributed by atoms with Crippen LogP contribution in [0.5, 0.6) is 0 Å². The number of piperidine rings is 1. The summed E-state index contributed by atoms with van der Waals surface area (Å²) >= 11 is 0. The van der Waals surface area contributed by atoms with Crippen LogP contribution < -0.4 is 0 Å². The lowest BCUT2D eigenvalue weighted by Gasteiger charge is -2.34. The van der Waals surface area contributed by atoms with Gasteiger partial charge < -0.3 is 4.98 Å². The summed E-state index contributed by atoms with van der Waals surface area (Å²) in [6.45, 7) is 5.41. The highest BCUT2D eigenvalue weighted by atomic mass is 32.2. The van der Waals surface area contributed by atoms with Gasteiger partial charge in [-0.15, -0.1) is 0 Å². The second-order valence-electron chi connectivity index (χ2n) is 9.76. The van der Waals surface area contributed by atoms with Gasteiger partial charge in [0.15, 0.2) is 5.78 Å². The molecule has 2 aromatic carbocycles. The summed E-state index contributed by atoms with van der Waals surface area (Å²) in [5.74, 6) is 0.347. The monoisotopic (exact) mass is 463 g/mol. The number of fused-ring (bicyclic) bond motifs is 4. The van der Waals surface area contributed by atoms with Crippen LogP contribution in [-0.2, 0) is 15.4 Å². The van der Waals surface area contributed by atoms with E-state index < -0.39 is 10.0 Å². The minimum atomic E-state index is -3.15. The Morgan fingerprint density at radius 2 is 1.85 bits per heavy atom. The number of nitrogens with zero attached hydrogens (tertiary/aromatic N) is 2. The Morgan fingerprint density at radius 1 is 1.12 bits per heavy atom. The largest absolute Gasteiger partial charge is 0.357 e. The van der Waals surface area contributed by atoms with Gasteiger partial charge in [0.2, 0.25) is 10.0 Å². The highest BCUT2D eigenvalue weighted by molar-refractivity contribution is 7.88. The Kier molecular flexibility index (Phi) is 5.10. The normalized spacial score (nSPS) is 19.2. The topological polar surface area (TPSA) is 82.6 Å². The number of hydrogen-bond acceptors (Lipinski definition) is 4. The molecule has 1 aromatic heterocycles. The van der Waals surface area contributed by atoms with Crippen molar-refractivity contribution in [1.29, 1.82) is 0 Å². The number of aromatic nitrogens is 1. The first-order valence-electron chi connectivity index (χ1n) is 11.3. The average molecular weight is 464 g/mol. The minimum Gasteiger partial charge on any atom is -0.357 e. The molecule has 1 fully saturated rings. The van der Waals surface area contributed by atoms with E-state index in [1.807, 2.05) is 30.5 Å². The van der Waals surface area contributed by atoms with Crippen LogP contribution in [0.3, 0.4) is 0 Å². The lowest BCUT2D eigenvalue weighted by atomic mass is 9.70. The Balaban J connectivity index is 1.54. The van der Waals surface area contributed by atoms with Crippen molar-refractivity contribution < 1.29 is 13.2 Å². The second-order valence-corrected chi connectivity index (χ2v) is 11.7. The number of carbonyl (C=O) groups is 1. The van der Waals surface area contributed by atoms with Crippen LogP contribution in [0, 0.1) is 0 Å². The first-order valence-corrected chi connectivity index (χ1v) is 13.2. The van der Waals surface area contributed by atoms with Crippen molar-refractivity contribution in [1.82, 2.24) is 9.29 Å². The molecule has 2 aliphatic rings. The molecule has 172 valence electrons. The number of ketones is 1. The number of aliphatic imine (C=N–C) groups is 1. The van der Waals surface area contributed by atoms with E-state index in [1.54, 1.807) is 11.4 Å². The number of H-pyrrole nitrogens is 1. The van der Waals surface area contributed by atoms with Crippen molar-refractivity contribution >= 4 is 32.9 Å². The molecule has 5 rings (SSSR count). The average Bonchev–Trinajstić information content (AvgIpc) is 3.17. The van der Waals surface area contributed by atoms with Crippen LogP contribution in [-0.4, -0.2) is 56.1 Å². The van der Waals surface area contributed by atoms with Crippen molar-refractivity contribution in [3.05, 3.63) is 69.9 Å².